The highest BCUT2D eigenvalue weighted by Crippen LogP contribution is 2.18. The molecule has 1 heterocycles. The van der Waals surface area contributed by atoms with Gasteiger partial charge in [-0.25, -0.2) is 0 Å². The molecule has 0 aliphatic carbocycles. The average Bonchev–Trinajstić information content (AvgIpc) is 3.09. The van der Waals surface area contributed by atoms with Crippen LogP contribution in [0, 0.1) is 0 Å². The van der Waals surface area contributed by atoms with Crippen LogP contribution in [0.15, 0.2) is 70.0 Å². The third-order valence-electron chi connectivity index (χ3n) is 3.58. The predicted molar refractivity (Wildman–Crippen MR) is 103 cm³/mol. The first kappa shape index (κ1) is 18.7. The van der Waals surface area contributed by atoms with Crippen molar-refractivity contribution in [3.63, 3.8) is 0 Å². The molecule has 0 spiro atoms. The van der Waals surface area contributed by atoms with Crippen molar-refractivity contribution < 1.29 is 13.4 Å². The average molecular weight is 408 g/mol. The first-order chi connectivity index (χ1) is 12.5. The summed E-state index contributed by atoms with van der Waals surface area (Å²) in [5.41, 5.74) is 0.927. The Kier molecular flexibility index (Phi) is 6.14. The van der Waals surface area contributed by atoms with E-state index < -0.39 is 10.8 Å². The van der Waals surface area contributed by atoms with Crippen LogP contribution in [0.25, 0.3) is 0 Å². The van der Waals surface area contributed by atoms with Gasteiger partial charge in [-0.05, 0) is 48.0 Å². The van der Waals surface area contributed by atoms with E-state index in [1.165, 1.54) is 0 Å². The Morgan fingerprint density at radius 2 is 1.77 bits per heavy atom. The summed E-state index contributed by atoms with van der Waals surface area (Å²) in [4.78, 5) is 12.8. The third kappa shape index (κ3) is 4.97. The van der Waals surface area contributed by atoms with Gasteiger partial charge in [-0.15, -0.1) is 0 Å². The summed E-state index contributed by atoms with van der Waals surface area (Å²) >= 11 is 11.7. The molecule has 0 fully saturated rings. The van der Waals surface area contributed by atoms with Gasteiger partial charge in [0.05, 0.1) is 16.6 Å². The van der Waals surface area contributed by atoms with Gasteiger partial charge in [0.1, 0.15) is 5.76 Å². The lowest BCUT2D eigenvalue weighted by Gasteiger charge is -2.04. The van der Waals surface area contributed by atoms with Crippen LogP contribution in [0.1, 0.15) is 21.9 Å². The Labute approximate surface area is 163 Å². The van der Waals surface area contributed by atoms with Crippen LogP contribution in [0.4, 0.5) is 0 Å². The normalized spacial score (nSPS) is 11.9. The zero-order valence-electron chi connectivity index (χ0n) is 13.6. The Bertz CT molecular complexity index is 938. The van der Waals surface area contributed by atoms with Crippen LogP contribution < -0.4 is 5.32 Å². The lowest BCUT2D eigenvalue weighted by Crippen LogP contribution is -2.22. The van der Waals surface area contributed by atoms with Crippen molar-refractivity contribution in [3.05, 3.63) is 87.8 Å². The van der Waals surface area contributed by atoms with E-state index in [0.717, 1.165) is 5.56 Å². The number of halogens is 2. The van der Waals surface area contributed by atoms with Gasteiger partial charge in [-0.1, -0.05) is 41.4 Å². The maximum atomic E-state index is 12.4. The highest BCUT2D eigenvalue weighted by Gasteiger charge is 2.14. The molecule has 0 aliphatic rings. The standard InChI is InChI=1S/C19H15Cl2NO3S/c20-14-6-4-13(5-7-14)11-22-19(23)18-9-8-16(25-18)12-26(24)17-3-1-2-15(21)10-17/h1-10H,11-12H2,(H,22,23)/t26-/m0/s1. The van der Waals surface area contributed by atoms with Crippen LogP contribution in [0.2, 0.25) is 10.0 Å². The topological polar surface area (TPSA) is 59.3 Å². The van der Waals surface area contributed by atoms with Crippen molar-refractivity contribution >= 4 is 39.9 Å². The van der Waals surface area contributed by atoms with Crippen molar-refractivity contribution in [2.45, 2.75) is 17.2 Å². The molecule has 0 aliphatic heterocycles. The van der Waals surface area contributed by atoms with Crippen molar-refractivity contribution in [1.82, 2.24) is 5.32 Å². The second-order valence-electron chi connectivity index (χ2n) is 5.52. The molecule has 1 atom stereocenters. The summed E-state index contributed by atoms with van der Waals surface area (Å²) in [5, 5.41) is 3.94. The Morgan fingerprint density at radius 1 is 1.00 bits per heavy atom. The minimum absolute atomic E-state index is 0.171. The maximum Gasteiger partial charge on any atom is 0.287 e. The third-order valence-corrected chi connectivity index (χ3v) is 5.40. The van der Waals surface area contributed by atoms with Gasteiger partial charge in [0.15, 0.2) is 5.76 Å². The zero-order chi connectivity index (χ0) is 18.5. The number of furan rings is 1. The molecule has 26 heavy (non-hydrogen) atoms. The van der Waals surface area contributed by atoms with Gasteiger partial charge >= 0.3 is 0 Å². The maximum absolute atomic E-state index is 12.4. The van der Waals surface area contributed by atoms with Crippen molar-refractivity contribution in [2.75, 3.05) is 0 Å². The van der Waals surface area contributed by atoms with E-state index in [-0.39, 0.29) is 17.4 Å². The van der Waals surface area contributed by atoms with Crippen molar-refractivity contribution in [3.8, 4) is 0 Å². The summed E-state index contributed by atoms with van der Waals surface area (Å²) in [7, 11) is -1.30. The van der Waals surface area contributed by atoms with E-state index in [9.17, 15) is 9.00 Å². The van der Waals surface area contributed by atoms with Gasteiger partial charge in [-0.3, -0.25) is 9.00 Å². The molecule has 0 saturated carbocycles. The number of nitrogens with one attached hydrogen (secondary N) is 1. The quantitative estimate of drug-likeness (QED) is 0.636. The number of rotatable bonds is 6. The van der Waals surface area contributed by atoms with Crippen LogP contribution in [0.5, 0.6) is 0 Å². The second-order valence-corrected chi connectivity index (χ2v) is 7.85. The summed E-state index contributed by atoms with van der Waals surface area (Å²) in [6, 6.07) is 17.3. The molecule has 3 aromatic rings. The number of hydrogen-bond acceptors (Lipinski definition) is 3. The first-order valence-electron chi connectivity index (χ1n) is 7.76. The summed E-state index contributed by atoms with van der Waals surface area (Å²) in [6.07, 6.45) is 0. The highest BCUT2D eigenvalue weighted by atomic mass is 35.5. The summed E-state index contributed by atoms with van der Waals surface area (Å²) in [5.74, 6) is 0.488. The zero-order valence-corrected chi connectivity index (χ0v) is 15.9. The van der Waals surface area contributed by atoms with Gasteiger partial charge in [-0.2, -0.15) is 0 Å². The molecule has 1 aromatic heterocycles. The molecular formula is C19H15Cl2NO3S. The molecular weight excluding hydrogens is 393 g/mol. The molecule has 4 nitrogen and oxygen atoms in total. The van der Waals surface area contributed by atoms with Crippen LogP contribution in [-0.4, -0.2) is 10.1 Å². The summed E-state index contributed by atoms with van der Waals surface area (Å²) < 4.78 is 17.9. The van der Waals surface area contributed by atoms with Crippen LogP contribution in [0.3, 0.4) is 0 Å². The molecule has 3 rings (SSSR count). The fourth-order valence-corrected chi connectivity index (χ4v) is 3.72. The minimum Gasteiger partial charge on any atom is -0.455 e. The predicted octanol–water partition coefficient (Wildman–Crippen LogP) is 4.82. The Balaban J connectivity index is 1.59. The minimum atomic E-state index is -1.30. The lowest BCUT2D eigenvalue weighted by molar-refractivity contribution is 0.0921. The van der Waals surface area contributed by atoms with E-state index in [0.29, 0.717) is 27.2 Å². The molecule has 7 heteroatoms. The van der Waals surface area contributed by atoms with Gasteiger partial charge < -0.3 is 9.73 Å². The van der Waals surface area contributed by atoms with E-state index in [2.05, 4.69) is 5.32 Å². The molecule has 2 aromatic carbocycles. The number of benzene rings is 2. The van der Waals surface area contributed by atoms with Gasteiger partial charge in [0.25, 0.3) is 5.91 Å². The number of hydrogen-bond donors (Lipinski definition) is 1. The van der Waals surface area contributed by atoms with Crippen LogP contribution in [-0.2, 0) is 23.1 Å². The van der Waals surface area contributed by atoms with Gasteiger partial charge in [0, 0.05) is 21.5 Å². The number of amides is 1. The van der Waals surface area contributed by atoms with Gasteiger partial charge in [0.2, 0.25) is 0 Å². The SMILES string of the molecule is O=C(NCc1ccc(Cl)cc1)c1ccc(C[S@](=O)c2cccc(Cl)c2)o1. The largest absolute Gasteiger partial charge is 0.455 e. The molecule has 1 amide bonds. The Hall–Kier alpha value is -2.08. The molecule has 0 bridgehead atoms. The van der Waals surface area contributed by atoms with E-state index in [1.54, 1.807) is 48.5 Å². The fourth-order valence-electron chi connectivity index (χ4n) is 2.27. The second kappa shape index (κ2) is 8.54. The highest BCUT2D eigenvalue weighted by molar-refractivity contribution is 7.84. The Morgan fingerprint density at radius 3 is 2.50 bits per heavy atom. The summed E-state index contributed by atoms with van der Waals surface area (Å²) in [6.45, 7) is 0.362. The van der Waals surface area contributed by atoms with E-state index in [1.807, 2.05) is 12.1 Å². The first-order valence-corrected chi connectivity index (χ1v) is 9.84. The molecule has 0 radical (unpaired) electrons. The van der Waals surface area contributed by atoms with E-state index in [4.69, 9.17) is 27.6 Å². The van der Waals surface area contributed by atoms with Crippen molar-refractivity contribution in [1.29, 1.82) is 0 Å². The smallest absolute Gasteiger partial charge is 0.287 e. The van der Waals surface area contributed by atoms with Crippen molar-refractivity contribution in [2.24, 2.45) is 0 Å². The molecule has 0 unspecified atom stereocenters. The fraction of sp³-hybridized carbons (Fsp3) is 0.105. The van der Waals surface area contributed by atoms with Crippen LogP contribution >= 0.6 is 23.2 Å². The van der Waals surface area contributed by atoms with E-state index >= 15 is 0 Å². The number of carbonyl (C=O) groups excluding carboxylic acids is 1. The molecule has 1 N–H and O–H groups in total. The molecule has 134 valence electrons. The molecule has 0 saturated heterocycles. The monoisotopic (exact) mass is 407 g/mol. The number of carbonyl (C=O) groups is 1. The lowest BCUT2D eigenvalue weighted by atomic mass is 10.2.